The summed E-state index contributed by atoms with van der Waals surface area (Å²) in [5.74, 6) is 1.36. The molecule has 1 saturated heterocycles. The number of benzene rings is 1. The quantitative estimate of drug-likeness (QED) is 0.291. The number of rotatable bonds is 9. The molecule has 198 valence electrons. The second-order valence-corrected chi connectivity index (χ2v) is 11.0. The van der Waals surface area contributed by atoms with Gasteiger partial charge < -0.3 is 20.3 Å². The molecule has 37 heavy (non-hydrogen) atoms. The predicted octanol–water partition coefficient (Wildman–Crippen LogP) is 2.14. The van der Waals surface area contributed by atoms with Gasteiger partial charge in [0.15, 0.2) is 5.13 Å². The van der Waals surface area contributed by atoms with Gasteiger partial charge in [0, 0.05) is 38.3 Å². The third-order valence-corrected chi connectivity index (χ3v) is 7.71. The minimum atomic E-state index is -3.75. The van der Waals surface area contributed by atoms with Crippen LogP contribution in [0.25, 0.3) is 0 Å². The van der Waals surface area contributed by atoms with Crippen LogP contribution in [-0.2, 0) is 21.3 Å². The largest absolute Gasteiger partial charge is 0.462 e. The molecule has 0 unspecified atom stereocenters. The Balaban J connectivity index is 1.61. The Morgan fingerprint density at radius 1 is 1.16 bits per heavy atom. The lowest BCUT2D eigenvalue weighted by atomic mass is 10.2. The number of carbonyl (C=O) groups is 1. The van der Waals surface area contributed by atoms with E-state index in [1.807, 2.05) is 6.92 Å². The van der Waals surface area contributed by atoms with Gasteiger partial charge in [0.25, 0.3) is 0 Å². The van der Waals surface area contributed by atoms with Crippen molar-refractivity contribution in [1.29, 1.82) is 0 Å². The number of primary sulfonamides is 1. The molecule has 3 heterocycles. The zero-order valence-electron chi connectivity index (χ0n) is 20.9. The van der Waals surface area contributed by atoms with Crippen LogP contribution in [0.1, 0.15) is 33.4 Å². The monoisotopic (exact) mass is 546 g/mol. The molecule has 12 nitrogen and oxygen atoms in total. The Kier molecular flexibility index (Phi) is 8.22. The number of nitrogens with two attached hydrogens (primary N) is 1. The highest BCUT2D eigenvalue weighted by Gasteiger charge is 2.21. The van der Waals surface area contributed by atoms with Crippen molar-refractivity contribution < 1.29 is 17.9 Å². The molecule has 0 spiro atoms. The van der Waals surface area contributed by atoms with Crippen molar-refractivity contribution in [2.24, 2.45) is 5.14 Å². The van der Waals surface area contributed by atoms with Gasteiger partial charge in [-0.3, -0.25) is 5.32 Å². The molecule has 0 atom stereocenters. The molecule has 0 bridgehead atoms. The van der Waals surface area contributed by atoms with E-state index >= 15 is 0 Å². The van der Waals surface area contributed by atoms with E-state index in [4.69, 9.17) is 14.9 Å². The molecule has 0 saturated carbocycles. The van der Waals surface area contributed by atoms with Crippen molar-refractivity contribution in [2.75, 3.05) is 48.3 Å². The molecule has 2 aromatic heterocycles. The van der Waals surface area contributed by atoms with E-state index in [0.29, 0.717) is 34.0 Å². The van der Waals surface area contributed by atoms with Crippen LogP contribution in [0.5, 0.6) is 0 Å². The first-order chi connectivity index (χ1) is 17.7. The Bertz CT molecular complexity index is 1370. The van der Waals surface area contributed by atoms with Crippen LogP contribution >= 0.6 is 11.3 Å². The molecule has 0 aliphatic carbocycles. The highest BCUT2D eigenvalue weighted by molar-refractivity contribution is 7.89. The number of piperazine rings is 1. The lowest BCUT2D eigenvalue weighted by molar-refractivity contribution is 0.0531. The van der Waals surface area contributed by atoms with Crippen molar-refractivity contribution in [3.8, 4) is 0 Å². The van der Waals surface area contributed by atoms with Crippen LogP contribution in [-0.4, -0.2) is 62.1 Å². The van der Waals surface area contributed by atoms with Gasteiger partial charge in [-0.25, -0.2) is 23.3 Å². The molecule has 3 aromatic rings. The maximum absolute atomic E-state index is 12.2. The average molecular weight is 547 g/mol. The number of carbonyl (C=O) groups excluding carboxylic acids is 1. The molecular formula is C23H30N8O4S2. The second-order valence-electron chi connectivity index (χ2n) is 8.40. The number of nitrogens with one attached hydrogen (secondary N) is 3. The highest BCUT2D eigenvalue weighted by Crippen LogP contribution is 2.30. The molecule has 1 aliphatic heterocycles. The summed E-state index contributed by atoms with van der Waals surface area (Å²) in [6.45, 7) is 9.46. The molecule has 14 heteroatoms. The normalized spacial score (nSPS) is 13.9. The fourth-order valence-corrected chi connectivity index (χ4v) is 5.20. The van der Waals surface area contributed by atoms with Crippen molar-refractivity contribution >= 4 is 50.0 Å². The summed E-state index contributed by atoms with van der Waals surface area (Å²) in [4.78, 5) is 28.8. The van der Waals surface area contributed by atoms with Crippen LogP contribution in [0, 0.1) is 13.8 Å². The predicted molar refractivity (Wildman–Crippen MR) is 143 cm³/mol. The van der Waals surface area contributed by atoms with Gasteiger partial charge in [0.05, 0.1) is 17.2 Å². The number of esters is 1. The first kappa shape index (κ1) is 26.7. The number of anilines is 4. The zero-order valence-corrected chi connectivity index (χ0v) is 22.5. The number of aromatic nitrogens is 3. The van der Waals surface area contributed by atoms with Gasteiger partial charge in [-0.1, -0.05) is 23.5 Å². The number of hydrogen-bond donors (Lipinski definition) is 4. The van der Waals surface area contributed by atoms with Crippen molar-refractivity contribution in [3.05, 3.63) is 46.0 Å². The van der Waals surface area contributed by atoms with Gasteiger partial charge in [0.2, 0.25) is 16.0 Å². The number of thiazole rings is 1. The summed E-state index contributed by atoms with van der Waals surface area (Å²) < 4.78 is 28.2. The van der Waals surface area contributed by atoms with E-state index in [-0.39, 0.29) is 11.5 Å². The van der Waals surface area contributed by atoms with Crippen molar-refractivity contribution in [2.45, 2.75) is 32.2 Å². The molecule has 4 rings (SSSR count). The van der Waals surface area contributed by atoms with Gasteiger partial charge >= 0.3 is 5.97 Å². The Morgan fingerprint density at radius 2 is 1.86 bits per heavy atom. The van der Waals surface area contributed by atoms with Crippen molar-refractivity contribution in [3.63, 3.8) is 0 Å². The average Bonchev–Trinajstić information content (AvgIpc) is 3.24. The highest BCUT2D eigenvalue weighted by atomic mass is 32.2. The van der Waals surface area contributed by atoms with Crippen LogP contribution in [0.15, 0.2) is 29.2 Å². The lowest BCUT2D eigenvalue weighted by Crippen LogP contribution is -2.44. The molecule has 5 N–H and O–H groups in total. The van der Waals surface area contributed by atoms with Gasteiger partial charge in [-0.15, -0.1) is 0 Å². The molecule has 1 aromatic carbocycles. The fraction of sp³-hybridized carbons (Fsp3) is 0.391. The van der Waals surface area contributed by atoms with Crippen molar-refractivity contribution in [1.82, 2.24) is 20.3 Å². The van der Waals surface area contributed by atoms with E-state index in [9.17, 15) is 13.2 Å². The number of nitrogens with zero attached hydrogens (tertiary/aromatic N) is 4. The number of aryl methyl sites for hydroxylation is 1. The number of hydrogen-bond acceptors (Lipinski definition) is 12. The van der Waals surface area contributed by atoms with Gasteiger partial charge in [-0.2, -0.15) is 9.97 Å². The lowest BCUT2D eigenvalue weighted by Gasteiger charge is -2.30. The number of sulfonamides is 1. The van der Waals surface area contributed by atoms with E-state index < -0.39 is 16.0 Å². The first-order valence-electron chi connectivity index (χ1n) is 11.8. The summed E-state index contributed by atoms with van der Waals surface area (Å²) in [7, 11) is -3.75. The Hall–Kier alpha value is -3.33. The van der Waals surface area contributed by atoms with Gasteiger partial charge in [-0.05, 0) is 38.5 Å². The van der Waals surface area contributed by atoms with Crippen LogP contribution < -0.4 is 26.0 Å². The number of ether oxygens (including phenoxy) is 1. The van der Waals surface area contributed by atoms with Crippen LogP contribution in [0.4, 0.5) is 22.7 Å². The summed E-state index contributed by atoms with van der Waals surface area (Å²) in [5.41, 5.74) is 2.32. The standard InChI is InChI=1S/C23H30N8O4S2/c1-4-35-21(32)18-15(3)27-23(36-18)30-22-28-19(14(2)20(29-22)31-11-9-25-10-12-31)26-13-16-5-7-17(8-6-16)37(24,33)34/h5-8,25H,4,9-13H2,1-3H3,(H2,24,33,34)(H2,26,27,28,29,30). The maximum Gasteiger partial charge on any atom is 0.350 e. The summed E-state index contributed by atoms with van der Waals surface area (Å²) >= 11 is 1.19. The van der Waals surface area contributed by atoms with E-state index in [0.717, 1.165) is 43.1 Å². The van der Waals surface area contributed by atoms with Gasteiger partial charge in [0.1, 0.15) is 16.5 Å². The Labute approximate surface area is 219 Å². The summed E-state index contributed by atoms with van der Waals surface area (Å²) in [6, 6.07) is 6.36. The third-order valence-electron chi connectivity index (χ3n) is 5.72. The second kappa shape index (κ2) is 11.4. The van der Waals surface area contributed by atoms with E-state index in [2.05, 4.69) is 30.8 Å². The molecule has 0 amide bonds. The molecule has 0 radical (unpaired) electrons. The molecular weight excluding hydrogens is 516 g/mol. The summed E-state index contributed by atoms with van der Waals surface area (Å²) in [6.07, 6.45) is 0. The maximum atomic E-state index is 12.2. The minimum absolute atomic E-state index is 0.0582. The molecule has 1 aliphatic rings. The fourth-order valence-electron chi connectivity index (χ4n) is 3.83. The van der Waals surface area contributed by atoms with Crippen LogP contribution in [0.3, 0.4) is 0 Å². The van der Waals surface area contributed by atoms with E-state index in [1.54, 1.807) is 26.0 Å². The minimum Gasteiger partial charge on any atom is -0.462 e. The summed E-state index contributed by atoms with van der Waals surface area (Å²) in [5, 5.41) is 15.5. The topological polar surface area (TPSA) is 164 Å². The first-order valence-corrected chi connectivity index (χ1v) is 14.1. The SMILES string of the molecule is CCOC(=O)c1sc(Nc2nc(NCc3ccc(S(N)(=O)=O)cc3)c(C)c(N3CCNCC3)n2)nc1C. The van der Waals surface area contributed by atoms with E-state index in [1.165, 1.54) is 23.5 Å². The Morgan fingerprint density at radius 3 is 2.51 bits per heavy atom. The smallest absolute Gasteiger partial charge is 0.350 e. The zero-order chi connectivity index (χ0) is 26.6. The van der Waals surface area contributed by atoms with Crippen LogP contribution in [0.2, 0.25) is 0 Å². The third kappa shape index (κ3) is 6.52. The molecule has 1 fully saturated rings.